The zero-order chi connectivity index (χ0) is 20.0. The molecule has 0 heterocycles. The summed E-state index contributed by atoms with van der Waals surface area (Å²) in [5.41, 5.74) is -0.0847. The maximum atomic E-state index is 13.6. The lowest BCUT2D eigenvalue weighted by Gasteiger charge is -2.07. The van der Waals surface area contributed by atoms with Crippen LogP contribution in [0.3, 0.4) is 0 Å². The van der Waals surface area contributed by atoms with Crippen molar-refractivity contribution in [3.63, 3.8) is 0 Å². The molecule has 0 atom stereocenters. The van der Waals surface area contributed by atoms with Crippen LogP contribution in [0.2, 0.25) is 5.02 Å². The van der Waals surface area contributed by atoms with Gasteiger partial charge in [0.05, 0.1) is 15.6 Å². The summed E-state index contributed by atoms with van der Waals surface area (Å²) in [5, 5.41) is 13.1. The highest BCUT2D eigenvalue weighted by atomic mass is 79.9. The van der Waals surface area contributed by atoms with Crippen molar-refractivity contribution < 1.29 is 23.6 Å². The molecule has 0 saturated heterocycles. The van der Waals surface area contributed by atoms with Gasteiger partial charge in [0, 0.05) is 28.2 Å². The van der Waals surface area contributed by atoms with E-state index in [-0.39, 0.29) is 22.0 Å². The Kier molecular flexibility index (Phi) is 7.03. The maximum absolute atomic E-state index is 13.6. The summed E-state index contributed by atoms with van der Waals surface area (Å²) in [6, 6.07) is 7.73. The second-order valence-corrected chi connectivity index (χ2v) is 6.40. The molecule has 1 amide bonds. The van der Waals surface area contributed by atoms with Crippen LogP contribution in [0.1, 0.15) is 5.56 Å². The summed E-state index contributed by atoms with van der Waals surface area (Å²) in [7, 11) is 0. The Morgan fingerprint density at radius 3 is 2.74 bits per heavy atom. The predicted octanol–water partition coefficient (Wildman–Crippen LogP) is 4.34. The van der Waals surface area contributed by atoms with Crippen molar-refractivity contribution in [3.8, 4) is 0 Å². The Morgan fingerprint density at radius 2 is 2.04 bits per heavy atom. The average Bonchev–Trinajstić information content (AvgIpc) is 2.62. The van der Waals surface area contributed by atoms with Gasteiger partial charge in [-0.05, 0) is 30.3 Å². The number of nitro groups is 1. The number of hydrogen-bond donors (Lipinski definition) is 1. The number of halogens is 3. The van der Waals surface area contributed by atoms with E-state index < -0.39 is 29.2 Å². The monoisotopic (exact) mass is 456 g/mol. The van der Waals surface area contributed by atoms with Crippen molar-refractivity contribution in [3.05, 3.63) is 73.5 Å². The first-order chi connectivity index (χ1) is 12.8. The lowest BCUT2D eigenvalue weighted by molar-refractivity contribution is -0.384. The van der Waals surface area contributed by atoms with Gasteiger partial charge in [0.2, 0.25) is 0 Å². The van der Waals surface area contributed by atoms with E-state index in [2.05, 4.69) is 21.2 Å². The van der Waals surface area contributed by atoms with Crippen LogP contribution in [0.15, 0.2) is 46.9 Å². The summed E-state index contributed by atoms with van der Waals surface area (Å²) in [4.78, 5) is 33.6. The van der Waals surface area contributed by atoms with E-state index in [1.54, 1.807) is 0 Å². The highest BCUT2D eigenvalue weighted by molar-refractivity contribution is 9.10. The molecule has 140 valence electrons. The van der Waals surface area contributed by atoms with Crippen LogP contribution in [0.5, 0.6) is 0 Å². The highest BCUT2D eigenvalue weighted by Crippen LogP contribution is 2.26. The number of esters is 1. The fraction of sp³-hybridized carbons (Fsp3) is 0.0588. The fourth-order valence-electron chi connectivity index (χ4n) is 1.89. The van der Waals surface area contributed by atoms with Crippen molar-refractivity contribution in [1.29, 1.82) is 0 Å². The van der Waals surface area contributed by atoms with E-state index in [9.17, 15) is 24.1 Å². The summed E-state index contributed by atoms with van der Waals surface area (Å²) >= 11 is 9.04. The second kappa shape index (κ2) is 9.24. The number of anilines is 1. The Morgan fingerprint density at radius 1 is 1.30 bits per heavy atom. The van der Waals surface area contributed by atoms with Gasteiger partial charge < -0.3 is 10.1 Å². The van der Waals surface area contributed by atoms with Gasteiger partial charge in [-0.1, -0.05) is 27.5 Å². The summed E-state index contributed by atoms with van der Waals surface area (Å²) in [5.74, 6) is -2.14. The third-order valence-corrected chi connectivity index (χ3v) is 3.96. The molecule has 0 fully saturated rings. The van der Waals surface area contributed by atoms with Crippen molar-refractivity contribution >= 4 is 56.9 Å². The van der Waals surface area contributed by atoms with E-state index in [0.717, 1.165) is 12.1 Å². The van der Waals surface area contributed by atoms with Gasteiger partial charge in [0.15, 0.2) is 6.61 Å². The summed E-state index contributed by atoms with van der Waals surface area (Å²) < 4.78 is 18.9. The predicted molar refractivity (Wildman–Crippen MR) is 101 cm³/mol. The van der Waals surface area contributed by atoms with E-state index >= 15 is 0 Å². The van der Waals surface area contributed by atoms with Gasteiger partial charge >= 0.3 is 5.97 Å². The zero-order valence-corrected chi connectivity index (χ0v) is 15.8. The summed E-state index contributed by atoms with van der Waals surface area (Å²) in [6.07, 6.45) is 2.18. The number of ether oxygens (including phenoxy) is 1. The van der Waals surface area contributed by atoms with Crippen molar-refractivity contribution in [2.24, 2.45) is 0 Å². The molecule has 0 aromatic heterocycles. The number of amides is 1. The molecular weight excluding hydrogens is 447 g/mol. The summed E-state index contributed by atoms with van der Waals surface area (Å²) in [6.45, 7) is -0.650. The van der Waals surface area contributed by atoms with Crippen molar-refractivity contribution in [2.45, 2.75) is 0 Å². The lowest BCUT2D eigenvalue weighted by Crippen LogP contribution is -2.20. The standard InChI is InChI=1S/C17H11BrClFN2O5/c18-11-2-5-14(20)10(7-11)1-6-17(24)27-9-16(23)21-15-8-12(22(25)26)3-4-13(15)19/h1-8H,9H2,(H,21,23)/b6-1+. The lowest BCUT2D eigenvalue weighted by atomic mass is 10.2. The normalized spacial score (nSPS) is 10.6. The molecule has 0 saturated carbocycles. The largest absolute Gasteiger partial charge is 0.452 e. The molecule has 10 heteroatoms. The molecule has 0 aliphatic rings. The highest BCUT2D eigenvalue weighted by Gasteiger charge is 2.13. The second-order valence-electron chi connectivity index (χ2n) is 5.08. The van der Waals surface area contributed by atoms with Crippen LogP contribution >= 0.6 is 27.5 Å². The quantitative estimate of drug-likeness (QED) is 0.301. The van der Waals surface area contributed by atoms with Crippen LogP contribution in [-0.2, 0) is 14.3 Å². The van der Waals surface area contributed by atoms with Crippen molar-refractivity contribution in [2.75, 3.05) is 11.9 Å². The first-order valence-corrected chi connectivity index (χ1v) is 8.47. The molecule has 0 spiro atoms. The number of non-ortho nitro benzene ring substituents is 1. The molecule has 1 N–H and O–H groups in total. The number of hydrogen-bond acceptors (Lipinski definition) is 5. The SMILES string of the molecule is O=C(COC(=O)/C=C/c1cc(Br)ccc1F)Nc1cc([N+](=O)[O-])ccc1Cl. The van der Waals surface area contributed by atoms with Crippen LogP contribution in [0.25, 0.3) is 6.08 Å². The first kappa shape index (κ1) is 20.5. The smallest absolute Gasteiger partial charge is 0.331 e. The number of benzene rings is 2. The number of nitro benzene ring substituents is 1. The molecule has 2 aromatic carbocycles. The zero-order valence-electron chi connectivity index (χ0n) is 13.4. The van der Waals surface area contributed by atoms with Crippen molar-refractivity contribution in [1.82, 2.24) is 0 Å². The molecule has 2 aromatic rings. The molecule has 0 bridgehead atoms. The Balaban J connectivity index is 1.92. The van der Waals surface area contributed by atoms with Gasteiger partial charge in [0.25, 0.3) is 11.6 Å². The number of carbonyl (C=O) groups is 2. The van der Waals surface area contributed by atoms with Gasteiger partial charge in [-0.3, -0.25) is 14.9 Å². The molecular formula is C17H11BrClFN2O5. The van der Waals surface area contributed by atoms with E-state index in [1.165, 1.54) is 36.4 Å². The Labute approximate surface area is 166 Å². The first-order valence-electron chi connectivity index (χ1n) is 7.30. The topological polar surface area (TPSA) is 98.5 Å². The third-order valence-electron chi connectivity index (χ3n) is 3.14. The van der Waals surface area contributed by atoms with E-state index in [0.29, 0.717) is 4.47 Å². The van der Waals surface area contributed by atoms with Crippen LogP contribution in [0.4, 0.5) is 15.8 Å². The average molecular weight is 458 g/mol. The number of nitrogens with one attached hydrogen (secondary N) is 1. The van der Waals surface area contributed by atoms with Gasteiger partial charge in [-0.2, -0.15) is 0 Å². The van der Waals surface area contributed by atoms with E-state index in [4.69, 9.17) is 16.3 Å². The van der Waals surface area contributed by atoms with Gasteiger partial charge in [0.1, 0.15) is 5.82 Å². The Bertz CT molecular complexity index is 936. The van der Waals surface area contributed by atoms with Gasteiger partial charge in [-0.25, -0.2) is 9.18 Å². The minimum atomic E-state index is -0.866. The molecule has 27 heavy (non-hydrogen) atoms. The molecule has 0 aliphatic heterocycles. The number of nitrogens with zero attached hydrogens (tertiary/aromatic N) is 1. The van der Waals surface area contributed by atoms with E-state index in [1.807, 2.05) is 0 Å². The van der Waals surface area contributed by atoms with Crippen LogP contribution < -0.4 is 5.32 Å². The minimum absolute atomic E-state index is 0.0127. The van der Waals surface area contributed by atoms with Crippen LogP contribution in [-0.4, -0.2) is 23.4 Å². The molecule has 2 rings (SSSR count). The molecule has 7 nitrogen and oxygen atoms in total. The third kappa shape index (κ3) is 6.15. The number of carbonyl (C=O) groups excluding carboxylic acids is 2. The molecule has 0 aliphatic carbocycles. The number of rotatable bonds is 6. The maximum Gasteiger partial charge on any atom is 0.331 e. The van der Waals surface area contributed by atoms with Gasteiger partial charge in [-0.15, -0.1) is 0 Å². The van der Waals surface area contributed by atoms with Crippen LogP contribution in [0, 0.1) is 15.9 Å². The minimum Gasteiger partial charge on any atom is -0.452 e. The molecule has 0 radical (unpaired) electrons. The fourth-order valence-corrected chi connectivity index (χ4v) is 2.44. The molecule has 0 unspecified atom stereocenters. The Hall–Kier alpha value is -2.78.